The van der Waals surface area contributed by atoms with Gasteiger partial charge in [0, 0.05) is 38.3 Å². The van der Waals surface area contributed by atoms with E-state index < -0.39 is 0 Å². The van der Waals surface area contributed by atoms with Gasteiger partial charge in [-0.2, -0.15) is 0 Å². The Kier molecular flexibility index (Phi) is 4.22. The second-order valence-corrected chi connectivity index (χ2v) is 6.43. The first-order chi connectivity index (χ1) is 8.86. The van der Waals surface area contributed by atoms with Crippen LogP contribution in [0.3, 0.4) is 0 Å². The third-order valence-electron chi connectivity index (χ3n) is 4.80. The van der Waals surface area contributed by atoms with Crippen LogP contribution in [0.2, 0.25) is 0 Å². The third-order valence-corrected chi connectivity index (χ3v) is 4.80. The molecule has 1 N–H and O–H groups in total. The van der Waals surface area contributed by atoms with E-state index in [-0.39, 0.29) is 0 Å². The maximum Gasteiger partial charge on any atom is 0.0593 e. The van der Waals surface area contributed by atoms with Crippen molar-refractivity contribution in [1.82, 2.24) is 10.2 Å². The zero-order valence-corrected chi connectivity index (χ0v) is 11.7. The number of hydrogen-bond acceptors (Lipinski definition) is 3. The second-order valence-electron chi connectivity index (χ2n) is 6.43. The molecule has 0 aromatic rings. The quantitative estimate of drug-likeness (QED) is 0.700. The topological polar surface area (TPSA) is 24.5 Å². The van der Waals surface area contributed by atoms with Gasteiger partial charge in [0.1, 0.15) is 0 Å². The molecule has 1 heterocycles. The van der Waals surface area contributed by atoms with Crippen molar-refractivity contribution in [2.45, 2.75) is 51.1 Å². The molecule has 0 aromatic carbocycles. The molecule has 2 saturated carbocycles. The molecule has 0 bridgehead atoms. The highest BCUT2D eigenvalue weighted by Gasteiger charge is 2.36. The first-order valence-corrected chi connectivity index (χ1v) is 7.92. The van der Waals surface area contributed by atoms with Crippen molar-refractivity contribution in [3.63, 3.8) is 0 Å². The van der Waals surface area contributed by atoms with E-state index in [1.165, 1.54) is 45.2 Å². The average molecular weight is 252 g/mol. The van der Waals surface area contributed by atoms with E-state index in [2.05, 4.69) is 17.1 Å². The summed E-state index contributed by atoms with van der Waals surface area (Å²) in [5.74, 6) is 1.87. The zero-order valence-electron chi connectivity index (χ0n) is 11.7. The molecular weight excluding hydrogens is 224 g/mol. The van der Waals surface area contributed by atoms with Gasteiger partial charge in [0.25, 0.3) is 0 Å². The number of nitrogens with one attached hydrogen (secondary N) is 1. The maximum atomic E-state index is 5.80. The predicted molar refractivity (Wildman–Crippen MR) is 73.7 cm³/mol. The van der Waals surface area contributed by atoms with E-state index in [9.17, 15) is 0 Å². The lowest BCUT2D eigenvalue weighted by atomic mass is 10.0. The minimum atomic E-state index is 0.726. The lowest BCUT2D eigenvalue weighted by molar-refractivity contribution is 0.0574. The summed E-state index contributed by atoms with van der Waals surface area (Å²) in [5, 5.41) is 3.75. The summed E-state index contributed by atoms with van der Waals surface area (Å²) in [6.45, 7) is 7.81. The summed E-state index contributed by atoms with van der Waals surface area (Å²) in [6, 6.07) is 1.49. The molecule has 3 heteroatoms. The zero-order chi connectivity index (χ0) is 12.4. The smallest absolute Gasteiger partial charge is 0.0593 e. The van der Waals surface area contributed by atoms with E-state index in [0.717, 1.165) is 43.7 Å². The summed E-state index contributed by atoms with van der Waals surface area (Å²) in [4.78, 5) is 2.67. The van der Waals surface area contributed by atoms with Crippen molar-refractivity contribution < 1.29 is 4.74 Å². The normalized spacial score (nSPS) is 33.8. The fraction of sp³-hybridized carbons (Fsp3) is 1.00. The van der Waals surface area contributed by atoms with Crippen molar-refractivity contribution in [3.8, 4) is 0 Å². The monoisotopic (exact) mass is 252 g/mol. The van der Waals surface area contributed by atoms with E-state index >= 15 is 0 Å². The van der Waals surface area contributed by atoms with E-state index in [1.807, 2.05) is 0 Å². The van der Waals surface area contributed by atoms with Gasteiger partial charge in [-0.25, -0.2) is 0 Å². The largest absolute Gasteiger partial charge is 0.380 e. The molecule has 2 unspecified atom stereocenters. The van der Waals surface area contributed by atoms with Crippen molar-refractivity contribution in [2.24, 2.45) is 11.8 Å². The van der Waals surface area contributed by atoms with Gasteiger partial charge in [-0.05, 0) is 43.9 Å². The van der Waals surface area contributed by atoms with Gasteiger partial charge < -0.3 is 10.1 Å². The average Bonchev–Trinajstić information content (AvgIpc) is 3.28. The van der Waals surface area contributed by atoms with Gasteiger partial charge in [-0.15, -0.1) is 0 Å². The highest BCUT2D eigenvalue weighted by atomic mass is 16.5. The van der Waals surface area contributed by atoms with Crippen molar-refractivity contribution >= 4 is 0 Å². The first kappa shape index (κ1) is 12.9. The molecule has 18 heavy (non-hydrogen) atoms. The van der Waals surface area contributed by atoms with Gasteiger partial charge in [0.05, 0.1) is 6.61 Å². The van der Waals surface area contributed by atoms with Gasteiger partial charge in [-0.3, -0.25) is 4.90 Å². The number of ether oxygens (including phenoxy) is 1. The molecule has 2 atom stereocenters. The number of piperazine rings is 1. The van der Waals surface area contributed by atoms with E-state index in [0.29, 0.717) is 0 Å². The van der Waals surface area contributed by atoms with Crippen molar-refractivity contribution in [1.29, 1.82) is 0 Å². The van der Waals surface area contributed by atoms with Crippen LogP contribution in [-0.4, -0.2) is 49.8 Å². The summed E-state index contributed by atoms with van der Waals surface area (Å²) in [7, 11) is 0. The number of rotatable bonds is 7. The molecule has 0 radical (unpaired) electrons. The number of nitrogens with zero attached hydrogens (tertiary/aromatic N) is 1. The molecule has 1 aliphatic heterocycles. The van der Waals surface area contributed by atoms with Crippen LogP contribution >= 0.6 is 0 Å². The van der Waals surface area contributed by atoms with Crippen LogP contribution in [0.15, 0.2) is 0 Å². The summed E-state index contributed by atoms with van der Waals surface area (Å²) in [5.41, 5.74) is 0. The highest BCUT2D eigenvalue weighted by molar-refractivity contribution is 4.94. The molecule has 3 rings (SSSR count). The van der Waals surface area contributed by atoms with E-state index in [1.54, 1.807) is 0 Å². The Morgan fingerprint density at radius 3 is 2.72 bits per heavy atom. The fourth-order valence-electron chi connectivity index (χ4n) is 3.09. The third kappa shape index (κ3) is 3.46. The van der Waals surface area contributed by atoms with Gasteiger partial charge in [-0.1, -0.05) is 6.92 Å². The van der Waals surface area contributed by atoms with Crippen LogP contribution in [0, 0.1) is 11.8 Å². The Bertz CT molecular complexity index is 263. The fourth-order valence-corrected chi connectivity index (χ4v) is 3.09. The summed E-state index contributed by atoms with van der Waals surface area (Å²) in [6.07, 6.45) is 6.94. The minimum Gasteiger partial charge on any atom is -0.380 e. The minimum absolute atomic E-state index is 0.726. The molecule has 0 spiro atoms. The lowest BCUT2D eigenvalue weighted by Gasteiger charge is -2.40. The first-order valence-electron chi connectivity index (χ1n) is 7.92. The van der Waals surface area contributed by atoms with Crippen molar-refractivity contribution in [2.75, 3.05) is 32.8 Å². The van der Waals surface area contributed by atoms with Crippen LogP contribution in [-0.2, 0) is 4.74 Å². The van der Waals surface area contributed by atoms with Crippen LogP contribution < -0.4 is 5.32 Å². The Balaban J connectivity index is 1.40. The van der Waals surface area contributed by atoms with Gasteiger partial charge >= 0.3 is 0 Å². The Labute approximate surface area is 111 Å². The van der Waals surface area contributed by atoms with Crippen LogP contribution in [0.25, 0.3) is 0 Å². The van der Waals surface area contributed by atoms with Crippen molar-refractivity contribution in [3.05, 3.63) is 0 Å². The molecule has 0 amide bonds. The summed E-state index contributed by atoms with van der Waals surface area (Å²) < 4.78 is 5.80. The SMILES string of the molecule is CCC1CNC(C2CC2)CN1CCOCC1CC1. The van der Waals surface area contributed by atoms with E-state index in [4.69, 9.17) is 4.74 Å². The number of hydrogen-bond donors (Lipinski definition) is 1. The molecule has 3 fully saturated rings. The van der Waals surface area contributed by atoms with Crippen LogP contribution in [0.1, 0.15) is 39.0 Å². The Hall–Kier alpha value is -0.120. The predicted octanol–water partition coefficient (Wildman–Crippen LogP) is 1.88. The highest BCUT2D eigenvalue weighted by Crippen LogP contribution is 2.34. The maximum absolute atomic E-state index is 5.80. The molecule has 3 nitrogen and oxygen atoms in total. The van der Waals surface area contributed by atoms with Gasteiger partial charge in [0.2, 0.25) is 0 Å². The summed E-state index contributed by atoms with van der Waals surface area (Å²) >= 11 is 0. The molecule has 104 valence electrons. The Morgan fingerprint density at radius 1 is 1.22 bits per heavy atom. The standard InChI is InChI=1S/C15H28N2O/c1-2-14-9-16-15(13-5-6-13)10-17(14)7-8-18-11-12-3-4-12/h12-16H,2-11H2,1H3. The molecular formula is C15H28N2O. The van der Waals surface area contributed by atoms with Crippen LogP contribution in [0.4, 0.5) is 0 Å². The lowest BCUT2D eigenvalue weighted by Crippen LogP contribution is -2.57. The molecule has 1 saturated heterocycles. The second kappa shape index (κ2) is 5.89. The molecule has 2 aliphatic carbocycles. The Morgan fingerprint density at radius 2 is 2.06 bits per heavy atom. The van der Waals surface area contributed by atoms with Crippen LogP contribution in [0.5, 0.6) is 0 Å². The molecule has 0 aromatic heterocycles. The van der Waals surface area contributed by atoms with Gasteiger partial charge in [0.15, 0.2) is 0 Å². The molecule has 3 aliphatic rings.